The molecule has 0 saturated carbocycles. The van der Waals surface area contributed by atoms with E-state index in [9.17, 15) is 4.79 Å². The summed E-state index contributed by atoms with van der Waals surface area (Å²) >= 11 is 0. The smallest absolute Gasteiger partial charge is 0.274 e. The minimum absolute atomic E-state index is 0.267. The molecule has 0 radical (unpaired) electrons. The number of amides is 1. The first-order valence-electron chi connectivity index (χ1n) is 8.16. The number of aromatic nitrogens is 3. The first-order valence-corrected chi connectivity index (χ1v) is 8.16. The van der Waals surface area contributed by atoms with Gasteiger partial charge < -0.3 is 15.4 Å². The van der Waals surface area contributed by atoms with Gasteiger partial charge in [0.1, 0.15) is 11.4 Å². The molecule has 0 bridgehead atoms. The van der Waals surface area contributed by atoms with Gasteiger partial charge in [-0.2, -0.15) is 5.10 Å². The van der Waals surface area contributed by atoms with E-state index in [0.717, 1.165) is 29.7 Å². The molecule has 3 heterocycles. The minimum Gasteiger partial charge on any atom is -0.494 e. The molecule has 3 aromatic rings. The Morgan fingerprint density at radius 1 is 1.36 bits per heavy atom. The Kier molecular flexibility index (Phi) is 3.85. The molecule has 7 heteroatoms. The van der Waals surface area contributed by atoms with Gasteiger partial charge >= 0.3 is 0 Å². The van der Waals surface area contributed by atoms with Crippen LogP contribution in [0.4, 0.5) is 5.69 Å². The predicted octanol–water partition coefficient (Wildman–Crippen LogP) is 2.14. The fourth-order valence-corrected chi connectivity index (χ4v) is 2.84. The maximum absolute atomic E-state index is 12.5. The van der Waals surface area contributed by atoms with Crippen LogP contribution < -0.4 is 15.4 Å². The van der Waals surface area contributed by atoms with Gasteiger partial charge in [-0.05, 0) is 25.1 Å². The predicted molar refractivity (Wildman–Crippen MR) is 95.1 cm³/mol. The molecule has 25 heavy (non-hydrogen) atoms. The summed E-state index contributed by atoms with van der Waals surface area (Å²) in [5, 5.41) is 11.7. The lowest BCUT2D eigenvalue weighted by Gasteiger charge is -2.27. The van der Waals surface area contributed by atoms with Crippen molar-refractivity contribution in [2.24, 2.45) is 0 Å². The number of pyridine rings is 1. The molecule has 0 atom stereocenters. The molecular formula is C18H19N5O2. The highest BCUT2D eigenvalue weighted by Crippen LogP contribution is 2.31. The van der Waals surface area contributed by atoms with Crippen LogP contribution in [0.2, 0.25) is 0 Å². The van der Waals surface area contributed by atoms with Gasteiger partial charge in [-0.1, -0.05) is 6.07 Å². The molecule has 0 spiro atoms. The average Bonchev–Trinajstić information content (AvgIpc) is 2.94. The van der Waals surface area contributed by atoms with Gasteiger partial charge in [-0.25, -0.2) is 4.98 Å². The third kappa shape index (κ3) is 2.94. The molecule has 4 rings (SSSR count). The second kappa shape index (κ2) is 6.18. The van der Waals surface area contributed by atoms with E-state index < -0.39 is 0 Å². The number of ether oxygens (including phenoxy) is 1. The van der Waals surface area contributed by atoms with Crippen molar-refractivity contribution in [3.8, 4) is 5.75 Å². The van der Waals surface area contributed by atoms with Crippen molar-refractivity contribution in [1.29, 1.82) is 0 Å². The van der Waals surface area contributed by atoms with Crippen LogP contribution >= 0.6 is 0 Å². The van der Waals surface area contributed by atoms with Crippen molar-refractivity contribution < 1.29 is 9.53 Å². The fraction of sp³-hybridized carbons (Fsp3) is 0.278. The molecule has 1 aromatic carbocycles. The number of methoxy groups -OCH3 is 1. The number of carbonyl (C=O) groups is 1. The first-order chi connectivity index (χ1) is 12.1. The van der Waals surface area contributed by atoms with Crippen molar-refractivity contribution in [1.82, 2.24) is 20.1 Å². The van der Waals surface area contributed by atoms with E-state index in [0.29, 0.717) is 23.2 Å². The summed E-state index contributed by atoms with van der Waals surface area (Å²) in [5.41, 5.74) is 2.62. The number of hydrogen-bond donors (Lipinski definition) is 2. The number of carbonyl (C=O) groups excluding carboxylic acids is 1. The van der Waals surface area contributed by atoms with Crippen LogP contribution in [0.15, 0.2) is 36.5 Å². The summed E-state index contributed by atoms with van der Waals surface area (Å²) in [6.45, 7) is 3.70. The highest BCUT2D eigenvalue weighted by Gasteiger charge is 2.21. The third-order valence-electron chi connectivity index (χ3n) is 4.35. The van der Waals surface area contributed by atoms with E-state index in [4.69, 9.17) is 4.74 Å². The van der Waals surface area contributed by atoms with Crippen molar-refractivity contribution in [3.05, 3.63) is 47.9 Å². The van der Waals surface area contributed by atoms with Crippen LogP contribution in [-0.4, -0.2) is 40.9 Å². The van der Waals surface area contributed by atoms with Gasteiger partial charge in [0.25, 0.3) is 5.91 Å². The van der Waals surface area contributed by atoms with Crippen LogP contribution in [0.1, 0.15) is 22.2 Å². The molecule has 0 unspecified atom stereocenters. The van der Waals surface area contributed by atoms with Crippen molar-refractivity contribution in [3.63, 3.8) is 0 Å². The number of fused-ring (bicyclic) bond motifs is 1. The minimum atomic E-state index is -0.267. The second-order valence-electron chi connectivity index (χ2n) is 6.15. The number of rotatable bonds is 4. The summed E-state index contributed by atoms with van der Waals surface area (Å²) in [6, 6.07) is 9.47. The van der Waals surface area contributed by atoms with Gasteiger partial charge in [0.15, 0.2) is 0 Å². The molecule has 128 valence electrons. The van der Waals surface area contributed by atoms with Crippen LogP contribution in [0.3, 0.4) is 0 Å². The Labute approximate surface area is 145 Å². The van der Waals surface area contributed by atoms with Crippen molar-refractivity contribution in [2.75, 3.05) is 25.5 Å². The molecule has 1 aliphatic heterocycles. The highest BCUT2D eigenvalue weighted by atomic mass is 16.5. The van der Waals surface area contributed by atoms with Crippen molar-refractivity contribution >= 4 is 22.5 Å². The lowest BCUT2D eigenvalue weighted by Crippen LogP contribution is -2.43. The van der Waals surface area contributed by atoms with E-state index in [1.807, 2.05) is 42.1 Å². The molecule has 1 amide bonds. The van der Waals surface area contributed by atoms with E-state index in [2.05, 4.69) is 20.7 Å². The first kappa shape index (κ1) is 15.6. The number of aryl methyl sites for hydroxylation is 1. The van der Waals surface area contributed by atoms with Crippen LogP contribution in [0, 0.1) is 6.92 Å². The zero-order chi connectivity index (χ0) is 17.4. The normalized spacial score (nSPS) is 14.3. The fourth-order valence-electron chi connectivity index (χ4n) is 2.84. The molecule has 1 fully saturated rings. The Bertz CT molecular complexity index is 946. The number of hydrogen-bond acceptors (Lipinski definition) is 5. The number of nitrogens with one attached hydrogen (secondary N) is 2. The zero-order valence-electron chi connectivity index (χ0n) is 14.1. The molecular weight excluding hydrogens is 318 g/mol. The molecule has 2 N–H and O–H groups in total. The number of anilines is 1. The van der Waals surface area contributed by atoms with E-state index in [1.54, 1.807) is 13.2 Å². The number of benzene rings is 1. The van der Waals surface area contributed by atoms with Gasteiger partial charge in [0, 0.05) is 36.4 Å². The standard InChI is InChI=1S/C18H19N5O2/c1-11-4-3-5-14(20-11)18(24)21-16-6-12-10-23(13-8-19-9-13)22-15(12)7-17(16)25-2/h3-7,10,13,19H,8-9H2,1-2H3,(H,21,24). The average molecular weight is 337 g/mol. The summed E-state index contributed by atoms with van der Waals surface area (Å²) < 4.78 is 7.39. The van der Waals surface area contributed by atoms with Crippen LogP contribution in [0.25, 0.3) is 10.9 Å². The van der Waals surface area contributed by atoms with Gasteiger partial charge in [0.05, 0.1) is 24.4 Å². The van der Waals surface area contributed by atoms with Crippen LogP contribution in [0.5, 0.6) is 5.75 Å². The molecule has 2 aromatic heterocycles. The number of nitrogens with zero attached hydrogens (tertiary/aromatic N) is 3. The van der Waals surface area contributed by atoms with Gasteiger partial charge in [0.2, 0.25) is 0 Å². The highest BCUT2D eigenvalue weighted by molar-refractivity contribution is 6.05. The zero-order valence-corrected chi connectivity index (χ0v) is 14.1. The maximum atomic E-state index is 12.5. The van der Waals surface area contributed by atoms with E-state index in [1.165, 1.54) is 0 Å². The topological polar surface area (TPSA) is 81.1 Å². The lowest BCUT2D eigenvalue weighted by molar-refractivity contribution is 0.102. The quantitative estimate of drug-likeness (QED) is 0.762. The second-order valence-corrected chi connectivity index (χ2v) is 6.15. The summed E-state index contributed by atoms with van der Waals surface area (Å²) in [5.74, 6) is 0.308. The Balaban J connectivity index is 1.66. The molecule has 1 saturated heterocycles. The Morgan fingerprint density at radius 3 is 2.88 bits per heavy atom. The monoisotopic (exact) mass is 337 g/mol. The van der Waals surface area contributed by atoms with E-state index in [-0.39, 0.29) is 5.91 Å². The van der Waals surface area contributed by atoms with Gasteiger partial charge in [-0.3, -0.25) is 9.48 Å². The summed E-state index contributed by atoms with van der Waals surface area (Å²) in [4.78, 5) is 16.7. The Hall–Kier alpha value is -2.93. The Morgan fingerprint density at radius 2 is 2.20 bits per heavy atom. The SMILES string of the molecule is COc1cc2nn(C3CNC3)cc2cc1NC(=O)c1cccc(C)n1. The van der Waals surface area contributed by atoms with E-state index >= 15 is 0 Å². The van der Waals surface area contributed by atoms with Crippen molar-refractivity contribution in [2.45, 2.75) is 13.0 Å². The molecule has 7 nitrogen and oxygen atoms in total. The summed E-state index contributed by atoms with van der Waals surface area (Å²) in [7, 11) is 1.58. The molecule has 1 aliphatic rings. The summed E-state index contributed by atoms with van der Waals surface area (Å²) in [6.07, 6.45) is 2.00. The largest absolute Gasteiger partial charge is 0.494 e. The van der Waals surface area contributed by atoms with Crippen LogP contribution in [-0.2, 0) is 0 Å². The van der Waals surface area contributed by atoms with Gasteiger partial charge in [-0.15, -0.1) is 0 Å². The third-order valence-corrected chi connectivity index (χ3v) is 4.35. The molecule has 0 aliphatic carbocycles. The maximum Gasteiger partial charge on any atom is 0.274 e. The lowest BCUT2D eigenvalue weighted by atomic mass is 10.2.